The number of benzene rings is 3. The molecule has 0 fully saturated rings. The lowest BCUT2D eigenvalue weighted by Crippen LogP contribution is -2.28. The molecule has 0 aliphatic rings. The number of rotatable bonds is 45. The summed E-state index contributed by atoms with van der Waals surface area (Å²) >= 11 is 0. The van der Waals surface area contributed by atoms with E-state index in [0.29, 0.717) is 153 Å². The number of amides is 3. The molecule has 0 bridgehead atoms. The highest BCUT2D eigenvalue weighted by molar-refractivity contribution is 6.06. The number of carbonyl (C=O) groups is 3. The summed E-state index contributed by atoms with van der Waals surface area (Å²) in [6, 6.07) is 21.0. The Morgan fingerprint density at radius 2 is 1.07 bits per heavy atom. The number of nitrogens with one attached hydrogen (secondary N) is 3. The minimum Gasteiger partial charge on any atom is -0.382 e. The predicted octanol–water partition coefficient (Wildman–Crippen LogP) is 8.07. The van der Waals surface area contributed by atoms with E-state index in [1.165, 1.54) is 24.4 Å². The molecule has 3 aromatic carbocycles. The van der Waals surface area contributed by atoms with Crippen LogP contribution in [-0.2, 0) is 76.0 Å². The van der Waals surface area contributed by atoms with E-state index in [0.717, 1.165) is 62.5 Å². The van der Waals surface area contributed by atoms with Gasteiger partial charge in [0.25, 0.3) is 11.8 Å². The third-order valence-electron chi connectivity index (χ3n) is 11.8. The van der Waals surface area contributed by atoms with E-state index in [1.807, 2.05) is 50.2 Å². The van der Waals surface area contributed by atoms with Gasteiger partial charge in [-0.25, -0.2) is 0 Å². The fourth-order valence-electron chi connectivity index (χ4n) is 7.51. The maximum atomic E-state index is 13.7. The van der Waals surface area contributed by atoms with Crippen LogP contribution in [0.3, 0.4) is 0 Å². The summed E-state index contributed by atoms with van der Waals surface area (Å²) in [4.78, 5) is 45.7. The van der Waals surface area contributed by atoms with Crippen molar-refractivity contribution in [2.24, 2.45) is 0 Å². The molecule has 1 heterocycles. The maximum absolute atomic E-state index is 13.7. The number of pyridine rings is 1. The summed E-state index contributed by atoms with van der Waals surface area (Å²) in [5, 5.41) is 8.54. The second kappa shape index (κ2) is 44.9. The third kappa shape index (κ3) is 31.7. The van der Waals surface area contributed by atoms with Crippen molar-refractivity contribution >= 4 is 29.1 Å². The van der Waals surface area contributed by atoms with Gasteiger partial charge >= 0.3 is 6.18 Å². The molecule has 22 heteroatoms. The Bertz CT molecular complexity index is 2320. The van der Waals surface area contributed by atoms with E-state index in [4.69, 9.17) is 52.1 Å². The zero-order chi connectivity index (χ0) is 59.3. The Labute approximate surface area is 482 Å². The van der Waals surface area contributed by atoms with Crippen molar-refractivity contribution in [2.75, 3.05) is 176 Å². The van der Waals surface area contributed by atoms with Crippen molar-refractivity contribution in [3.63, 3.8) is 0 Å². The maximum Gasteiger partial charge on any atom is 0.416 e. The Morgan fingerprint density at radius 3 is 1.66 bits per heavy atom. The number of anilines is 2. The molecule has 0 unspecified atom stereocenters. The van der Waals surface area contributed by atoms with Crippen molar-refractivity contribution in [3.8, 4) is 11.3 Å². The average molecular weight is 1160 g/mol. The molecular formula is C60H88F3N5O14. The van der Waals surface area contributed by atoms with Gasteiger partial charge in [-0.05, 0) is 98.8 Å². The van der Waals surface area contributed by atoms with Gasteiger partial charge in [0.05, 0.1) is 136 Å². The number of alkyl halides is 3. The largest absolute Gasteiger partial charge is 0.416 e. The highest BCUT2D eigenvalue weighted by atomic mass is 19.4. The number of methoxy groups -OCH3 is 2. The van der Waals surface area contributed by atoms with Crippen molar-refractivity contribution in [2.45, 2.75) is 59.2 Å². The second-order valence-electron chi connectivity index (χ2n) is 18.1. The average Bonchev–Trinajstić information content (AvgIpc) is 3.63. The molecule has 0 atom stereocenters. The van der Waals surface area contributed by atoms with Gasteiger partial charge in [-0.15, -0.1) is 0 Å². The first-order valence-corrected chi connectivity index (χ1v) is 28.1. The zero-order valence-corrected chi connectivity index (χ0v) is 48.6. The van der Waals surface area contributed by atoms with Gasteiger partial charge in [-0.2, -0.15) is 13.2 Å². The van der Waals surface area contributed by atoms with Crippen molar-refractivity contribution in [1.82, 2.24) is 15.6 Å². The molecule has 0 aliphatic heterocycles. The number of hydrogen-bond donors (Lipinski definition) is 3. The molecule has 4 rings (SSSR count). The van der Waals surface area contributed by atoms with Crippen LogP contribution < -0.4 is 20.9 Å². The van der Waals surface area contributed by atoms with E-state index in [1.54, 1.807) is 26.4 Å². The van der Waals surface area contributed by atoms with Crippen molar-refractivity contribution in [1.29, 1.82) is 0 Å². The van der Waals surface area contributed by atoms with Gasteiger partial charge in [0.2, 0.25) is 5.91 Å². The monoisotopic (exact) mass is 1160 g/mol. The van der Waals surface area contributed by atoms with E-state index in [9.17, 15) is 27.6 Å². The number of hydrogen-bond acceptors (Lipinski definition) is 16. The van der Waals surface area contributed by atoms with E-state index in [2.05, 4.69) is 32.8 Å². The summed E-state index contributed by atoms with van der Waals surface area (Å²) in [6.07, 6.45) is -0.258. The molecule has 0 saturated heterocycles. The SMILES string of the molecule is CCCOCCOC.CCN(CC)c1ccc(NC(=O)c2cccc(CCCOCCOCCOCCOCCC(=O)NCCOCCOCCOCCOCCOC)c2)c(-c2cc(C(=O)NCc3cccc(C(F)(F)F)c3)ccn2)c1. The standard InChI is InChI=1S/C54H74F3N5O12.C6H14O2/c1-4-62(5-2)47-14-15-49(48(40-47)50-39-45(16-18-58-50)52(64)60-41-43-10-7-13-46(38-43)54(55,56)57)61-53(65)44-12-6-9-42(37-44)11-8-20-67-25-28-71-33-34-72-29-26-68-21-17-51(63)59-19-22-69-27-30-73-35-36-74-32-31-70-24-23-66-3;1-3-4-8-6-5-7-2/h6-7,9-10,12-16,18,37-40H,4-5,8,11,17,19-36,41H2,1-3H3,(H,59,63)(H,60,64)(H,61,65);3-6H2,1-2H3. The molecule has 4 aromatic rings. The highest BCUT2D eigenvalue weighted by Gasteiger charge is 2.30. The third-order valence-corrected chi connectivity index (χ3v) is 11.8. The molecule has 19 nitrogen and oxygen atoms in total. The zero-order valence-electron chi connectivity index (χ0n) is 48.6. The summed E-state index contributed by atoms with van der Waals surface area (Å²) < 4.78 is 98.5. The van der Waals surface area contributed by atoms with Gasteiger partial charge in [0, 0.05) is 88.6 Å². The lowest BCUT2D eigenvalue weighted by atomic mass is 10.0. The summed E-state index contributed by atoms with van der Waals surface area (Å²) in [6.45, 7) is 17.8. The minimum atomic E-state index is -4.50. The Kier molecular flexibility index (Phi) is 38.7. The number of carbonyl (C=O) groups excluding carboxylic acids is 3. The van der Waals surface area contributed by atoms with Crippen LogP contribution >= 0.6 is 0 Å². The van der Waals surface area contributed by atoms with E-state index < -0.39 is 17.6 Å². The molecule has 0 aliphatic carbocycles. The van der Waals surface area contributed by atoms with E-state index in [-0.39, 0.29) is 37.0 Å². The fraction of sp³-hybridized carbons (Fsp3) is 0.567. The molecule has 0 spiro atoms. The van der Waals surface area contributed by atoms with Crippen LogP contribution in [0.1, 0.15) is 77.4 Å². The highest BCUT2D eigenvalue weighted by Crippen LogP contribution is 2.33. The van der Waals surface area contributed by atoms with Crippen molar-refractivity contribution in [3.05, 3.63) is 113 Å². The molecule has 3 N–H and O–H groups in total. The number of ether oxygens (including phenoxy) is 11. The molecule has 0 radical (unpaired) electrons. The van der Waals surface area contributed by atoms with Crippen LogP contribution in [0.5, 0.6) is 0 Å². The molecular weight excluding hydrogens is 1070 g/mol. The number of aryl methyl sites for hydroxylation is 1. The predicted molar refractivity (Wildman–Crippen MR) is 308 cm³/mol. The van der Waals surface area contributed by atoms with Gasteiger partial charge in [-0.3, -0.25) is 19.4 Å². The van der Waals surface area contributed by atoms with Crippen LogP contribution in [0.4, 0.5) is 24.5 Å². The van der Waals surface area contributed by atoms with E-state index >= 15 is 0 Å². The lowest BCUT2D eigenvalue weighted by molar-refractivity contribution is -0.137. The normalized spacial score (nSPS) is 11.3. The minimum absolute atomic E-state index is 0.104. The first-order chi connectivity index (χ1) is 39.9. The smallest absolute Gasteiger partial charge is 0.382 e. The van der Waals surface area contributed by atoms with Crippen molar-refractivity contribution < 1.29 is 79.7 Å². The summed E-state index contributed by atoms with van der Waals surface area (Å²) in [5.41, 5.74) is 3.62. The van der Waals surface area contributed by atoms with Gasteiger partial charge in [0.15, 0.2) is 0 Å². The lowest BCUT2D eigenvalue weighted by Gasteiger charge is -2.23. The van der Waals surface area contributed by atoms with Crippen LogP contribution in [0.15, 0.2) is 85.1 Å². The summed E-state index contributed by atoms with van der Waals surface area (Å²) in [5.74, 6) is -0.925. The van der Waals surface area contributed by atoms with Crippen LogP contribution in [-0.4, -0.2) is 189 Å². The first-order valence-electron chi connectivity index (χ1n) is 28.1. The molecule has 458 valence electrons. The number of halogens is 3. The second-order valence-corrected chi connectivity index (χ2v) is 18.1. The van der Waals surface area contributed by atoms with Gasteiger partial charge in [-0.1, -0.05) is 31.2 Å². The van der Waals surface area contributed by atoms with Gasteiger partial charge in [0.1, 0.15) is 0 Å². The van der Waals surface area contributed by atoms with Crippen LogP contribution in [0, 0.1) is 0 Å². The Balaban J connectivity index is 0.00000204. The topological polar surface area (TPSA) is 205 Å². The van der Waals surface area contributed by atoms with Crippen LogP contribution in [0.2, 0.25) is 0 Å². The quantitative estimate of drug-likeness (QED) is 0.0358. The molecule has 1 aromatic heterocycles. The number of aromatic nitrogens is 1. The fourth-order valence-corrected chi connectivity index (χ4v) is 7.51. The Hall–Kier alpha value is -5.63. The Morgan fingerprint density at radius 1 is 0.537 bits per heavy atom. The molecule has 3 amide bonds. The van der Waals surface area contributed by atoms with Crippen LogP contribution in [0.25, 0.3) is 11.3 Å². The number of nitrogens with zero attached hydrogens (tertiary/aromatic N) is 2. The first kappa shape index (κ1) is 70.6. The van der Waals surface area contributed by atoms with Gasteiger partial charge < -0.3 is 73.0 Å². The molecule has 82 heavy (non-hydrogen) atoms. The molecule has 0 saturated carbocycles. The summed E-state index contributed by atoms with van der Waals surface area (Å²) in [7, 11) is 3.30.